The Balaban J connectivity index is 2.08. The number of carbonyl (C=O) groups is 1. The molecule has 2 unspecified atom stereocenters. The minimum atomic E-state index is -0.321. The second-order valence-corrected chi connectivity index (χ2v) is 5.70. The van der Waals surface area contributed by atoms with E-state index in [1.807, 2.05) is 0 Å². The first-order valence-corrected chi connectivity index (χ1v) is 7.00. The van der Waals surface area contributed by atoms with Gasteiger partial charge < -0.3 is 10.0 Å². The van der Waals surface area contributed by atoms with Crippen LogP contribution in [0, 0.1) is 5.92 Å². The maximum absolute atomic E-state index is 12.3. The molecule has 1 fully saturated rings. The molecule has 0 spiro atoms. The number of aromatic nitrogens is 1. The van der Waals surface area contributed by atoms with Gasteiger partial charge in [0, 0.05) is 19.5 Å². The molecule has 1 aromatic rings. The highest BCUT2D eigenvalue weighted by Crippen LogP contribution is 2.27. The largest absolute Gasteiger partial charge is 0.393 e. The van der Waals surface area contributed by atoms with Crippen LogP contribution in [0.4, 0.5) is 0 Å². The van der Waals surface area contributed by atoms with Crippen LogP contribution in [0.5, 0.6) is 0 Å². The van der Waals surface area contributed by atoms with E-state index in [0.29, 0.717) is 6.54 Å². The topological polar surface area (TPSA) is 53.4 Å². The summed E-state index contributed by atoms with van der Waals surface area (Å²) >= 11 is 11.7. The average Bonchev–Trinajstić information content (AvgIpc) is 2.77. The van der Waals surface area contributed by atoms with Crippen molar-refractivity contribution in [2.45, 2.75) is 25.4 Å². The van der Waals surface area contributed by atoms with Crippen LogP contribution in [-0.2, 0) is 0 Å². The summed E-state index contributed by atoms with van der Waals surface area (Å²) < 4.78 is 0. The normalized spacial score (nSPS) is 22.5. The second-order valence-electron chi connectivity index (χ2n) is 4.91. The minimum Gasteiger partial charge on any atom is -0.393 e. The molecule has 0 radical (unpaired) electrons. The maximum Gasteiger partial charge on any atom is 0.273 e. The van der Waals surface area contributed by atoms with E-state index in [-0.39, 0.29) is 33.8 Å². The van der Waals surface area contributed by atoms with Crippen molar-refractivity contribution < 1.29 is 9.90 Å². The fourth-order valence-corrected chi connectivity index (χ4v) is 2.75. The predicted molar refractivity (Wildman–Crippen MR) is 74.6 cm³/mol. The van der Waals surface area contributed by atoms with Crippen molar-refractivity contribution in [2.24, 2.45) is 5.92 Å². The molecule has 2 atom stereocenters. The Morgan fingerprint density at radius 3 is 2.84 bits per heavy atom. The third-order valence-corrected chi connectivity index (χ3v) is 4.00. The number of aliphatic hydroxyl groups is 1. The van der Waals surface area contributed by atoms with Crippen LogP contribution in [0.25, 0.3) is 0 Å². The average molecular weight is 303 g/mol. The monoisotopic (exact) mass is 302 g/mol. The smallest absolute Gasteiger partial charge is 0.273 e. The number of pyridine rings is 1. The predicted octanol–water partition coefficient (Wildman–Crippen LogP) is 2.62. The van der Waals surface area contributed by atoms with Crippen LogP contribution in [0.15, 0.2) is 12.1 Å². The van der Waals surface area contributed by atoms with Gasteiger partial charge in [-0.05, 0) is 25.0 Å². The molecule has 0 aliphatic heterocycles. The van der Waals surface area contributed by atoms with Crippen LogP contribution >= 0.6 is 23.2 Å². The summed E-state index contributed by atoms with van der Waals surface area (Å²) in [6, 6.07) is 3.10. The summed E-state index contributed by atoms with van der Waals surface area (Å²) in [5.74, 6) is -0.140. The van der Waals surface area contributed by atoms with E-state index in [4.69, 9.17) is 23.2 Å². The number of rotatable bonds is 3. The first kappa shape index (κ1) is 14.6. The third-order valence-electron chi connectivity index (χ3n) is 3.49. The molecule has 1 N–H and O–H groups in total. The lowest BCUT2D eigenvalue weighted by Gasteiger charge is -2.23. The highest BCUT2D eigenvalue weighted by atomic mass is 35.5. The standard InChI is InChI=1S/C13H16Cl2N2O2/c1-17(7-8-3-2-4-10(8)18)13(19)12-9(14)5-6-11(15)16-12/h5-6,8,10,18H,2-4,7H2,1H3. The molecular formula is C13H16Cl2N2O2. The van der Waals surface area contributed by atoms with Crippen LogP contribution in [0.1, 0.15) is 29.8 Å². The SMILES string of the molecule is CN(CC1CCCC1O)C(=O)c1nc(Cl)ccc1Cl. The summed E-state index contributed by atoms with van der Waals surface area (Å²) in [5.41, 5.74) is 0.157. The maximum atomic E-state index is 12.3. The molecule has 6 heteroatoms. The summed E-state index contributed by atoms with van der Waals surface area (Å²) in [6.07, 6.45) is 2.43. The molecule has 4 nitrogen and oxygen atoms in total. The minimum absolute atomic E-state index is 0.131. The van der Waals surface area contributed by atoms with Gasteiger partial charge in [-0.1, -0.05) is 29.6 Å². The molecule has 0 saturated heterocycles. The van der Waals surface area contributed by atoms with Gasteiger partial charge in [-0.3, -0.25) is 4.79 Å². The van der Waals surface area contributed by atoms with Gasteiger partial charge in [-0.25, -0.2) is 4.98 Å². The molecule has 1 amide bonds. The Morgan fingerprint density at radius 2 is 2.21 bits per heavy atom. The van der Waals surface area contributed by atoms with Crippen molar-refractivity contribution in [3.63, 3.8) is 0 Å². The van der Waals surface area contributed by atoms with Gasteiger partial charge in [0.2, 0.25) is 0 Å². The number of hydrogen-bond donors (Lipinski definition) is 1. The van der Waals surface area contributed by atoms with Gasteiger partial charge in [-0.15, -0.1) is 0 Å². The number of aliphatic hydroxyl groups excluding tert-OH is 1. The summed E-state index contributed by atoms with van der Waals surface area (Å²) in [7, 11) is 1.69. The molecular weight excluding hydrogens is 287 g/mol. The molecule has 1 saturated carbocycles. The lowest BCUT2D eigenvalue weighted by molar-refractivity contribution is 0.0688. The highest BCUT2D eigenvalue weighted by molar-refractivity contribution is 6.34. The van der Waals surface area contributed by atoms with Gasteiger partial charge in [0.1, 0.15) is 10.8 Å². The van der Waals surface area contributed by atoms with E-state index in [0.717, 1.165) is 19.3 Å². The van der Waals surface area contributed by atoms with Crippen molar-refractivity contribution in [3.05, 3.63) is 28.0 Å². The number of carbonyl (C=O) groups excluding carboxylic acids is 1. The Morgan fingerprint density at radius 1 is 1.47 bits per heavy atom. The first-order chi connectivity index (χ1) is 8.99. The molecule has 0 aromatic carbocycles. The fraction of sp³-hybridized carbons (Fsp3) is 0.538. The molecule has 1 aliphatic rings. The zero-order valence-corrected chi connectivity index (χ0v) is 12.2. The Hall–Kier alpha value is -0.840. The summed E-state index contributed by atoms with van der Waals surface area (Å²) in [4.78, 5) is 17.8. The molecule has 1 heterocycles. The molecule has 1 aliphatic carbocycles. The number of hydrogen-bond acceptors (Lipinski definition) is 3. The third kappa shape index (κ3) is 3.38. The van der Waals surface area contributed by atoms with Crippen LogP contribution in [0.3, 0.4) is 0 Å². The Bertz CT molecular complexity index is 482. The molecule has 19 heavy (non-hydrogen) atoms. The number of nitrogens with zero attached hydrogens (tertiary/aromatic N) is 2. The molecule has 104 valence electrons. The fourth-order valence-electron chi connectivity index (χ4n) is 2.41. The van der Waals surface area contributed by atoms with E-state index in [1.54, 1.807) is 24.1 Å². The van der Waals surface area contributed by atoms with Gasteiger partial charge in [0.25, 0.3) is 5.91 Å². The second kappa shape index (κ2) is 6.07. The molecule has 2 rings (SSSR count). The van der Waals surface area contributed by atoms with Gasteiger partial charge in [0.15, 0.2) is 0 Å². The van der Waals surface area contributed by atoms with E-state index >= 15 is 0 Å². The summed E-state index contributed by atoms with van der Waals surface area (Å²) in [6.45, 7) is 0.504. The van der Waals surface area contributed by atoms with Crippen molar-refractivity contribution in [1.82, 2.24) is 9.88 Å². The van der Waals surface area contributed by atoms with Crippen LogP contribution < -0.4 is 0 Å². The van der Waals surface area contributed by atoms with Crippen molar-refractivity contribution in [2.75, 3.05) is 13.6 Å². The van der Waals surface area contributed by atoms with Crippen molar-refractivity contribution in [1.29, 1.82) is 0 Å². The van der Waals surface area contributed by atoms with E-state index in [9.17, 15) is 9.90 Å². The lowest BCUT2D eigenvalue weighted by Crippen LogP contribution is -2.35. The van der Waals surface area contributed by atoms with Crippen LogP contribution in [-0.4, -0.2) is 40.6 Å². The highest BCUT2D eigenvalue weighted by Gasteiger charge is 2.28. The van der Waals surface area contributed by atoms with E-state index in [2.05, 4.69) is 4.98 Å². The first-order valence-electron chi connectivity index (χ1n) is 6.24. The zero-order valence-electron chi connectivity index (χ0n) is 10.6. The van der Waals surface area contributed by atoms with Gasteiger partial charge in [-0.2, -0.15) is 0 Å². The van der Waals surface area contributed by atoms with E-state index in [1.165, 1.54) is 0 Å². The van der Waals surface area contributed by atoms with Gasteiger partial charge >= 0.3 is 0 Å². The summed E-state index contributed by atoms with van der Waals surface area (Å²) in [5, 5.41) is 10.3. The molecule has 0 bridgehead atoms. The quantitative estimate of drug-likeness (QED) is 0.873. The Labute approximate surface area is 122 Å². The van der Waals surface area contributed by atoms with Gasteiger partial charge in [0.05, 0.1) is 11.1 Å². The Kier molecular flexibility index (Phi) is 4.66. The lowest BCUT2D eigenvalue weighted by atomic mass is 10.1. The number of amides is 1. The van der Waals surface area contributed by atoms with Crippen molar-refractivity contribution in [3.8, 4) is 0 Å². The van der Waals surface area contributed by atoms with E-state index < -0.39 is 0 Å². The molecule has 1 aromatic heterocycles. The van der Waals surface area contributed by atoms with Crippen molar-refractivity contribution >= 4 is 29.1 Å². The zero-order chi connectivity index (χ0) is 14.0. The van der Waals surface area contributed by atoms with Crippen LogP contribution in [0.2, 0.25) is 10.2 Å². The number of halogens is 2.